The molecule has 0 bridgehead atoms. The highest BCUT2D eigenvalue weighted by molar-refractivity contribution is 5.45. The van der Waals surface area contributed by atoms with Crippen molar-refractivity contribution in [2.24, 2.45) is 0 Å². The number of aliphatic hydroxyl groups excluding tert-OH is 1. The Balaban J connectivity index is 2.22. The van der Waals surface area contributed by atoms with E-state index in [2.05, 4.69) is 11.1 Å². The Morgan fingerprint density at radius 1 is 1.50 bits per heavy atom. The lowest BCUT2D eigenvalue weighted by atomic mass is 10.1. The summed E-state index contributed by atoms with van der Waals surface area (Å²) in [5.41, 5.74) is 2.12. The molecule has 0 amide bonds. The molecule has 0 atom stereocenters. The fourth-order valence-corrected chi connectivity index (χ4v) is 1.73. The minimum atomic E-state index is -0.0704. The molecule has 1 heterocycles. The van der Waals surface area contributed by atoms with Crippen molar-refractivity contribution in [2.75, 3.05) is 7.11 Å². The average Bonchev–Trinajstić information content (AvgIpc) is 2.86. The first kappa shape index (κ1) is 12.1. The Kier molecular flexibility index (Phi) is 3.60. The number of rotatable bonds is 4. The van der Waals surface area contributed by atoms with E-state index in [-0.39, 0.29) is 6.61 Å². The van der Waals surface area contributed by atoms with Gasteiger partial charge in [-0.05, 0) is 17.7 Å². The van der Waals surface area contributed by atoms with Crippen LogP contribution in [0.25, 0.3) is 0 Å². The number of ether oxygens (including phenoxy) is 1. The third-order valence-electron chi connectivity index (χ3n) is 2.60. The fourth-order valence-electron chi connectivity index (χ4n) is 1.73. The van der Waals surface area contributed by atoms with Crippen molar-refractivity contribution in [3.8, 4) is 11.8 Å². The second-order valence-electron chi connectivity index (χ2n) is 3.84. The molecule has 0 aliphatic rings. The second-order valence-corrected chi connectivity index (χ2v) is 3.84. The predicted octanol–water partition coefficient (Wildman–Crippen LogP) is 1.30. The molecule has 2 aromatic rings. The Bertz CT molecular complexity index is 584. The van der Waals surface area contributed by atoms with E-state index in [9.17, 15) is 0 Å². The van der Waals surface area contributed by atoms with Crippen molar-refractivity contribution in [2.45, 2.75) is 13.2 Å². The largest absolute Gasteiger partial charge is 0.495 e. The average molecular weight is 243 g/mol. The normalized spacial score (nSPS) is 10.1. The van der Waals surface area contributed by atoms with Crippen LogP contribution in [-0.4, -0.2) is 21.8 Å². The predicted molar refractivity (Wildman–Crippen MR) is 65.0 cm³/mol. The van der Waals surface area contributed by atoms with E-state index in [1.165, 1.54) is 0 Å². The third-order valence-corrected chi connectivity index (χ3v) is 2.60. The van der Waals surface area contributed by atoms with Crippen molar-refractivity contribution in [1.82, 2.24) is 9.55 Å². The van der Waals surface area contributed by atoms with Crippen LogP contribution in [0.2, 0.25) is 0 Å². The molecule has 18 heavy (non-hydrogen) atoms. The number of hydrogen-bond acceptors (Lipinski definition) is 4. The number of aliphatic hydroxyl groups is 1. The summed E-state index contributed by atoms with van der Waals surface area (Å²) < 4.78 is 6.94. The van der Waals surface area contributed by atoms with Gasteiger partial charge in [0.1, 0.15) is 11.8 Å². The molecule has 5 heteroatoms. The van der Waals surface area contributed by atoms with Gasteiger partial charge in [-0.25, -0.2) is 4.98 Å². The van der Waals surface area contributed by atoms with Gasteiger partial charge >= 0.3 is 0 Å². The van der Waals surface area contributed by atoms with E-state index in [0.717, 1.165) is 5.56 Å². The molecule has 1 aromatic carbocycles. The molecule has 0 spiro atoms. The van der Waals surface area contributed by atoms with Crippen molar-refractivity contribution in [3.05, 3.63) is 47.5 Å². The fraction of sp³-hybridized carbons (Fsp3) is 0.231. The number of nitriles is 1. The summed E-state index contributed by atoms with van der Waals surface area (Å²) >= 11 is 0. The first-order valence-electron chi connectivity index (χ1n) is 5.45. The smallest absolute Gasteiger partial charge is 0.136 e. The SMILES string of the molecule is COc1ccc(Cn2cnc(CO)c2)cc1C#N. The summed E-state index contributed by atoms with van der Waals surface area (Å²) in [5, 5.41) is 17.9. The van der Waals surface area contributed by atoms with E-state index in [4.69, 9.17) is 15.1 Å². The topological polar surface area (TPSA) is 71.1 Å². The molecule has 1 N–H and O–H groups in total. The Morgan fingerprint density at radius 2 is 2.33 bits per heavy atom. The molecule has 0 saturated heterocycles. The summed E-state index contributed by atoms with van der Waals surface area (Å²) in [6.07, 6.45) is 3.43. The maximum Gasteiger partial charge on any atom is 0.136 e. The van der Waals surface area contributed by atoms with E-state index in [0.29, 0.717) is 23.6 Å². The molecule has 5 nitrogen and oxygen atoms in total. The van der Waals surface area contributed by atoms with Gasteiger partial charge in [0.05, 0.1) is 31.3 Å². The Morgan fingerprint density at radius 3 is 2.94 bits per heavy atom. The van der Waals surface area contributed by atoms with Crippen LogP contribution in [0.15, 0.2) is 30.7 Å². The van der Waals surface area contributed by atoms with Crippen LogP contribution in [-0.2, 0) is 13.2 Å². The van der Waals surface area contributed by atoms with Gasteiger partial charge in [-0.2, -0.15) is 5.26 Å². The number of aromatic nitrogens is 2. The van der Waals surface area contributed by atoms with Crippen molar-refractivity contribution in [3.63, 3.8) is 0 Å². The zero-order chi connectivity index (χ0) is 13.0. The first-order valence-corrected chi connectivity index (χ1v) is 5.45. The highest BCUT2D eigenvalue weighted by Crippen LogP contribution is 2.19. The number of nitrogens with zero attached hydrogens (tertiary/aromatic N) is 3. The summed E-state index contributed by atoms with van der Waals surface area (Å²) in [4.78, 5) is 4.03. The lowest BCUT2D eigenvalue weighted by Gasteiger charge is -2.06. The molecule has 0 radical (unpaired) electrons. The zero-order valence-electron chi connectivity index (χ0n) is 10.00. The van der Waals surface area contributed by atoms with E-state index >= 15 is 0 Å². The highest BCUT2D eigenvalue weighted by atomic mass is 16.5. The molecule has 0 aliphatic carbocycles. The molecule has 2 rings (SSSR count). The van der Waals surface area contributed by atoms with Crippen LogP contribution < -0.4 is 4.74 Å². The molecule has 0 aliphatic heterocycles. The lowest BCUT2D eigenvalue weighted by Crippen LogP contribution is -1.98. The van der Waals surface area contributed by atoms with Crippen LogP contribution in [0.4, 0.5) is 0 Å². The first-order chi connectivity index (χ1) is 8.76. The monoisotopic (exact) mass is 243 g/mol. The minimum Gasteiger partial charge on any atom is -0.495 e. The van der Waals surface area contributed by atoms with Crippen LogP contribution >= 0.6 is 0 Å². The standard InChI is InChI=1S/C13H13N3O2/c1-18-13-3-2-10(4-11(13)5-14)6-16-7-12(8-17)15-9-16/h2-4,7,9,17H,6,8H2,1H3. The number of benzene rings is 1. The molecule has 92 valence electrons. The van der Waals surface area contributed by atoms with Gasteiger partial charge < -0.3 is 14.4 Å². The maximum atomic E-state index is 9.00. The zero-order valence-corrected chi connectivity index (χ0v) is 10.00. The van der Waals surface area contributed by atoms with E-state index in [1.807, 2.05) is 10.6 Å². The minimum absolute atomic E-state index is 0.0704. The van der Waals surface area contributed by atoms with Gasteiger partial charge in [0.25, 0.3) is 0 Å². The maximum absolute atomic E-state index is 9.00. The highest BCUT2D eigenvalue weighted by Gasteiger charge is 2.04. The molecular formula is C13H13N3O2. The summed E-state index contributed by atoms with van der Waals surface area (Å²) in [7, 11) is 1.54. The molecule has 1 aromatic heterocycles. The van der Waals surface area contributed by atoms with Gasteiger partial charge in [-0.3, -0.25) is 0 Å². The molecular weight excluding hydrogens is 230 g/mol. The quantitative estimate of drug-likeness (QED) is 0.878. The van der Waals surface area contributed by atoms with E-state index in [1.54, 1.807) is 31.8 Å². The molecule has 0 unspecified atom stereocenters. The van der Waals surface area contributed by atoms with Crippen LogP contribution in [0.5, 0.6) is 5.75 Å². The van der Waals surface area contributed by atoms with Crippen molar-refractivity contribution < 1.29 is 9.84 Å². The third kappa shape index (κ3) is 2.50. The van der Waals surface area contributed by atoms with Crippen molar-refractivity contribution >= 4 is 0 Å². The van der Waals surface area contributed by atoms with E-state index < -0.39 is 0 Å². The summed E-state index contributed by atoms with van der Waals surface area (Å²) in [5.74, 6) is 0.572. The summed E-state index contributed by atoms with van der Waals surface area (Å²) in [6.45, 7) is 0.532. The Hall–Kier alpha value is -2.32. The molecule has 0 fully saturated rings. The molecule has 0 saturated carbocycles. The van der Waals surface area contributed by atoms with Gasteiger partial charge in [-0.1, -0.05) is 6.07 Å². The van der Waals surface area contributed by atoms with Crippen LogP contribution in [0.1, 0.15) is 16.8 Å². The van der Waals surface area contributed by atoms with Crippen LogP contribution in [0, 0.1) is 11.3 Å². The summed E-state index contributed by atoms with van der Waals surface area (Å²) in [6, 6.07) is 7.56. The number of hydrogen-bond donors (Lipinski definition) is 1. The second kappa shape index (κ2) is 5.34. The van der Waals surface area contributed by atoms with Gasteiger partial charge in [0, 0.05) is 12.7 Å². The Labute approximate surface area is 105 Å². The number of imidazole rings is 1. The van der Waals surface area contributed by atoms with Gasteiger partial charge in [0.2, 0.25) is 0 Å². The van der Waals surface area contributed by atoms with Gasteiger partial charge in [-0.15, -0.1) is 0 Å². The van der Waals surface area contributed by atoms with Gasteiger partial charge in [0.15, 0.2) is 0 Å². The van der Waals surface area contributed by atoms with Crippen LogP contribution in [0.3, 0.4) is 0 Å². The van der Waals surface area contributed by atoms with Crippen molar-refractivity contribution in [1.29, 1.82) is 5.26 Å². The number of methoxy groups -OCH3 is 1. The lowest BCUT2D eigenvalue weighted by molar-refractivity contribution is 0.277.